The molecular weight excluding hydrogens is 1130 g/mol. The standard InChI is InChI=1S/C59H99N13O15/c1-12-31(5)44(69-52(79)40(62-11)28-37-22-18-16-19-23-37)55(82)66-41(29-73)53(80)65-39(25-26-43(61)75)51(78)68-46(33(7)14-3)57(84)70-45(32(6)13-2)56(83)67-42(30-74)54(81)72-48-36(10)87-59(86)47(34(8)15-4)71-50(77)38(24-20-17-21-27-60)64-49(76)35(9)63-58(48)85/h16,18-19,22-23,31-36,38-42,44-48,62,73-74H,12-15,17,20-21,24-30,60H2,1-11H3,(H2,61,75)(H,63,85)(H,64,76)(H,65,80)(H,66,82)(H,67,83)(H,68,78)(H,69,79)(H,70,84)(H,71,77)(H,72,81)/t31-,32-,33-,34-,35-,36-,38-,39+,40+,41-,42-,44-,45-,46+,47-,48+/m0/s1. The fourth-order valence-electron chi connectivity index (χ4n) is 9.27. The van der Waals surface area contributed by atoms with Gasteiger partial charge in [-0.3, -0.25) is 52.7 Å². The van der Waals surface area contributed by atoms with E-state index in [9.17, 15) is 67.7 Å². The van der Waals surface area contributed by atoms with Crippen molar-refractivity contribution >= 4 is 70.9 Å². The van der Waals surface area contributed by atoms with Gasteiger partial charge in [0.05, 0.1) is 19.3 Å². The lowest BCUT2D eigenvalue weighted by atomic mass is 9.94. The van der Waals surface area contributed by atoms with Gasteiger partial charge in [0.1, 0.15) is 66.5 Å². The molecule has 1 aliphatic rings. The number of likely N-dealkylation sites (N-methyl/N-ethyl adjacent to an activating group) is 1. The van der Waals surface area contributed by atoms with Gasteiger partial charge < -0.3 is 84.9 Å². The summed E-state index contributed by atoms with van der Waals surface area (Å²) in [6.45, 7) is 14.7. The molecule has 1 aromatic carbocycles. The second kappa shape index (κ2) is 38.8. The van der Waals surface area contributed by atoms with E-state index in [4.69, 9.17) is 16.2 Å². The molecule has 0 bridgehead atoms. The molecule has 1 saturated heterocycles. The summed E-state index contributed by atoms with van der Waals surface area (Å²) in [5, 5.41) is 49.5. The molecule has 1 heterocycles. The number of hydrogen-bond acceptors (Lipinski definition) is 17. The Bertz CT molecular complexity index is 2460. The van der Waals surface area contributed by atoms with E-state index in [-0.39, 0.29) is 19.3 Å². The molecule has 11 amide bonds. The van der Waals surface area contributed by atoms with Gasteiger partial charge in [0.2, 0.25) is 65.0 Å². The maximum absolute atomic E-state index is 14.4. The number of ether oxygens (including phenoxy) is 1. The molecule has 0 aromatic heterocycles. The molecule has 2 rings (SSSR count). The normalized spacial score (nSPS) is 21.2. The number of primary amides is 1. The number of hydrogen-bond donors (Lipinski definition) is 15. The number of carbonyl (C=O) groups is 12. The molecule has 28 heteroatoms. The number of benzene rings is 1. The monoisotopic (exact) mass is 1230 g/mol. The Balaban J connectivity index is 2.40. The van der Waals surface area contributed by atoms with Crippen LogP contribution < -0.4 is 70.0 Å². The van der Waals surface area contributed by atoms with Gasteiger partial charge in [0, 0.05) is 6.42 Å². The first-order chi connectivity index (χ1) is 41.2. The SMILES string of the molecule is CC[C@H](C)[C@H](NC(=O)[C@@H](Cc1ccccc1)NC)C(=O)N[C@@H](CO)C(=O)N[C@H](CCC(N)=O)C(=O)N[C@@H](C(=O)N[C@H](C(=O)N[C@@H](CO)C(=O)N[C@H]1C(=O)N[C@@H](C)C(=O)N[C@@H](CCCCCN)C(=O)N[C@@H]([C@@H](C)CC)C(=O)O[C@H]1C)[C@@H](C)CC)[C@@H](C)CC. The largest absolute Gasteiger partial charge is 0.458 e. The first-order valence-corrected chi connectivity index (χ1v) is 30.3. The lowest BCUT2D eigenvalue weighted by Crippen LogP contribution is -2.63. The molecule has 1 aliphatic heterocycles. The summed E-state index contributed by atoms with van der Waals surface area (Å²) in [5.74, 6) is -12.9. The number of aliphatic hydroxyl groups excluding tert-OH is 2. The molecular formula is C59H99N13O15. The fraction of sp³-hybridized carbons (Fsp3) is 0.695. The van der Waals surface area contributed by atoms with Crippen molar-refractivity contribution in [3.63, 3.8) is 0 Å². The average molecular weight is 1230 g/mol. The highest BCUT2D eigenvalue weighted by molar-refractivity contribution is 5.99. The van der Waals surface area contributed by atoms with E-state index in [0.717, 1.165) is 5.56 Å². The Morgan fingerprint density at radius 3 is 1.55 bits per heavy atom. The fourth-order valence-corrected chi connectivity index (χ4v) is 9.27. The predicted octanol–water partition coefficient (Wildman–Crippen LogP) is -2.42. The van der Waals surface area contributed by atoms with E-state index in [2.05, 4.69) is 58.5 Å². The summed E-state index contributed by atoms with van der Waals surface area (Å²) in [6, 6.07) is -6.06. The van der Waals surface area contributed by atoms with Crippen LogP contribution in [-0.4, -0.2) is 181 Å². The molecule has 17 N–H and O–H groups in total. The molecule has 0 radical (unpaired) electrons. The Kier molecular flexibility index (Phi) is 33.8. The Morgan fingerprint density at radius 2 is 1.07 bits per heavy atom. The van der Waals surface area contributed by atoms with E-state index in [0.29, 0.717) is 45.1 Å². The van der Waals surface area contributed by atoms with Crippen LogP contribution in [0.15, 0.2) is 30.3 Å². The maximum atomic E-state index is 14.4. The minimum atomic E-state index is -1.81. The summed E-state index contributed by atoms with van der Waals surface area (Å²) in [6.07, 6.45) is 1.37. The molecule has 1 aromatic rings. The van der Waals surface area contributed by atoms with Gasteiger partial charge in [-0.15, -0.1) is 0 Å². The van der Waals surface area contributed by atoms with Crippen molar-refractivity contribution in [2.45, 2.75) is 212 Å². The van der Waals surface area contributed by atoms with Gasteiger partial charge in [0.15, 0.2) is 0 Å². The van der Waals surface area contributed by atoms with Crippen molar-refractivity contribution in [2.24, 2.45) is 35.1 Å². The van der Waals surface area contributed by atoms with Crippen molar-refractivity contribution in [1.29, 1.82) is 0 Å². The molecule has 16 atom stereocenters. The van der Waals surface area contributed by atoms with Crippen molar-refractivity contribution in [3.05, 3.63) is 35.9 Å². The number of unbranched alkanes of at least 4 members (excludes halogenated alkanes) is 2. The summed E-state index contributed by atoms with van der Waals surface area (Å²) in [7, 11) is 1.60. The topological polar surface area (TPSA) is 439 Å². The Hall–Kier alpha value is -7.30. The lowest BCUT2D eigenvalue weighted by Gasteiger charge is -2.31. The summed E-state index contributed by atoms with van der Waals surface area (Å²) in [4.78, 5) is 165. The molecule has 0 aliphatic carbocycles. The Labute approximate surface area is 510 Å². The van der Waals surface area contributed by atoms with Crippen LogP contribution in [0.1, 0.15) is 139 Å². The molecule has 490 valence electrons. The highest BCUT2D eigenvalue weighted by Crippen LogP contribution is 2.18. The van der Waals surface area contributed by atoms with Crippen LogP contribution in [0, 0.1) is 23.7 Å². The third-order valence-corrected chi connectivity index (χ3v) is 16.0. The van der Waals surface area contributed by atoms with Gasteiger partial charge in [-0.05, 0) is 82.4 Å². The van der Waals surface area contributed by atoms with Crippen molar-refractivity contribution in [2.75, 3.05) is 26.8 Å². The van der Waals surface area contributed by atoms with Crippen LogP contribution in [-0.2, 0) is 68.7 Å². The minimum absolute atomic E-state index is 0.194. The van der Waals surface area contributed by atoms with Gasteiger partial charge >= 0.3 is 5.97 Å². The second-order valence-electron chi connectivity index (χ2n) is 22.6. The van der Waals surface area contributed by atoms with Crippen molar-refractivity contribution in [3.8, 4) is 0 Å². The highest BCUT2D eigenvalue weighted by atomic mass is 16.5. The first-order valence-electron chi connectivity index (χ1n) is 30.3. The van der Waals surface area contributed by atoms with Crippen LogP contribution in [0.3, 0.4) is 0 Å². The number of esters is 1. The van der Waals surface area contributed by atoms with Crippen LogP contribution >= 0.6 is 0 Å². The van der Waals surface area contributed by atoms with E-state index in [1.54, 1.807) is 62.4 Å². The quantitative estimate of drug-likeness (QED) is 0.0248. The highest BCUT2D eigenvalue weighted by Gasteiger charge is 2.41. The van der Waals surface area contributed by atoms with E-state index in [1.165, 1.54) is 13.8 Å². The zero-order valence-corrected chi connectivity index (χ0v) is 52.4. The van der Waals surface area contributed by atoms with Gasteiger partial charge in [-0.1, -0.05) is 124 Å². The van der Waals surface area contributed by atoms with Gasteiger partial charge in [-0.2, -0.15) is 0 Å². The van der Waals surface area contributed by atoms with E-state index in [1.807, 2.05) is 30.3 Å². The second-order valence-corrected chi connectivity index (χ2v) is 22.6. The third kappa shape index (κ3) is 24.4. The maximum Gasteiger partial charge on any atom is 0.329 e. The molecule has 87 heavy (non-hydrogen) atoms. The van der Waals surface area contributed by atoms with Crippen LogP contribution in [0.5, 0.6) is 0 Å². The number of aliphatic hydroxyl groups is 2. The number of rotatable bonds is 35. The number of amides is 11. The third-order valence-electron chi connectivity index (χ3n) is 16.0. The zero-order valence-electron chi connectivity index (χ0n) is 52.4. The van der Waals surface area contributed by atoms with E-state index < -0.39 is 193 Å². The molecule has 0 unspecified atom stereocenters. The van der Waals surface area contributed by atoms with Gasteiger partial charge in [-0.25, -0.2) is 4.79 Å². The summed E-state index contributed by atoms with van der Waals surface area (Å²) in [5.41, 5.74) is 11.9. The molecule has 1 fully saturated rings. The van der Waals surface area contributed by atoms with Crippen molar-refractivity contribution in [1.82, 2.24) is 58.5 Å². The predicted molar refractivity (Wildman–Crippen MR) is 321 cm³/mol. The minimum Gasteiger partial charge on any atom is -0.458 e. The first kappa shape index (κ1) is 75.8. The lowest BCUT2D eigenvalue weighted by molar-refractivity contribution is -0.157. The average Bonchev–Trinajstić information content (AvgIpc) is 3.82. The smallest absolute Gasteiger partial charge is 0.329 e. The van der Waals surface area contributed by atoms with Crippen LogP contribution in [0.4, 0.5) is 0 Å². The molecule has 0 saturated carbocycles. The van der Waals surface area contributed by atoms with Crippen molar-refractivity contribution < 1.29 is 72.5 Å². The Morgan fingerprint density at radius 1 is 0.586 bits per heavy atom. The number of nitrogens with one attached hydrogen (secondary N) is 11. The number of nitrogens with two attached hydrogens (primary N) is 2. The van der Waals surface area contributed by atoms with Gasteiger partial charge in [0.25, 0.3) is 0 Å². The summed E-state index contributed by atoms with van der Waals surface area (Å²) >= 11 is 0. The molecule has 28 nitrogen and oxygen atoms in total. The molecule has 0 spiro atoms. The summed E-state index contributed by atoms with van der Waals surface area (Å²) < 4.78 is 5.73. The number of cyclic esters (lactones) is 1. The van der Waals surface area contributed by atoms with E-state index >= 15 is 0 Å². The van der Waals surface area contributed by atoms with Crippen LogP contribution in [0.25, 0.3) is 0 Å². The van der Waals surface area contributed by atoms with Crippen LogP contribution in [0.2, 0.25) is 0 Å². The number of carbonyl (C=O) groups excluding carboxylic acids is 12. The zero-order chi connectivity index (χ0) is 65.7.